The van der Waals surface area contributed by atoms with E-state index in [0.29, 0.717) is 5.57 Å². The van der Waals surface area contributed by atoms with Crippen molar-refractivity contribution in [2.45, 2.75) is 38.9 Å². The van der Waals surface area contributed by atoms with E-state index in [1.807, 2.05) is 0 Å². The molecule has 0 saturated carbocycles. The molecule has 0 spiro atoms. The first-order chi connectivity index (χ1) is 6.29. The number of hydrogen-bond acceptors (Lipinski definition) is 4. The Morgan fingerprint density at radius 1 is 1.57 bits per heavy atom. The van der Waals surface area contributed by atoms with E-state index in [-0.39, 0.29) is 6.42 Å². The molecule has 1 heterocycles. The van der Waals surface area contributed by atoms with Gasteiger partial charge in [0.05, 0.1) is 0 Å². The zero-order valence-corrected chi connectivity index (χ0v) is 8.62. The molecule has 0 aromatic carbocycles. The van der Waals surface area contributed by atoms with Gasteiger partial charge in [-0.2, -0.15) is 0 Å². The third-order valence-corrected chi connectivity index (χ3v) is 1.64. The van der Waals surface area contributed by atoms with Gasteiger partial charge in [-0.1, -0.05) is 6.58 Å². The Kier molecular flexibility index (Phi) is 2.64. The van der Waals surface area contributed by atoms with E-state index in [0.717, 1.165) is 0 Å². The van der Waals surface area contributed by atoms with E-state index in [9.17, 15) is 9.59 Å². The molecule has 0 bridgehead atoms. The minimum atomic E-state index is -0.811. The van der Waals surface area contributed by atoms with Crippen molar-refractivity contribution in [3.8, 4) is 0 Å². The number of hydrogen-bond donors (Lipinski definition) is 0. The molecule has 0 radical (unpaired) electrons. The molecule has 4 heteroatoms. The highest BCUT2D eigenvalue weighted by Gasteiger charge is 2.35. The predicted molar refractivity (Wildman–Crippen MR) is 49.5 cm³/mol. The van der Waals surface area contributed by atoms with Crippen molar-refractivity contribution in [3.05, 3.63) is 12.2 Å². The highest BCUT2D eigenvalue weighted by molar-refractivity contribution is 5.94. The van der Waals surface area contributed by atoms with Crippen molar-refractivity contribution in [3.63, 3.8) is 0 Å². The van der Waals surface area contributed by atoms with Gasteiger partial charge in [-0.3, -0.25) is 0 Å². The molecule has 1 unspecified atom stereocenters. The van der Waals surface area contributed by atoms with E-state index in [1.165, 1.54) is 0 Å². The Labute approximate surface area is 82.9 Å². The Morgan fingerprint density at radius 3 is 2.50 bits per heavy atom. The van der Waals surface area contributed by atoms with E-state index in [2.05, 4.69) is 6.58 Å². The highest BCUT2D eigenvalue weighted by atomic mass is 16.6. The summed E-state index contributed by atoms with van der Waals surface area (Å²) < 4.78 is 9.83. The van der Waals surface area contributed by atoms with Crippen LogP contribution in [-0.2, 0) is 19.1 Å². The summed E-state index contributed by atoms with van der Waals surface area (Å²) in [7, 11) is 0. The van der Waals surface area contributed by atoms with Crippen LogP contribution in [0.25, 0.3) is 0 Å². The molecule has 0 aromatic heterocycles. The molecule has 14 heavy (non-hydrogen) atoms. The van der Waals surface area contributed by atoms with Crippen molar-refractivity contribution < 1.29 is 19.1 Å². The zero-order chi connectivity index (χ0) is 10.9. The second-order valence-corrected chi connectivity index (χ2v) is 4.24. The minimum absolute atomic E-state index is 0.230. The lowest BCUT2D eigenvalue weighted by Gasteiger charge is -2.21. The summed E-state index contributed by atoms with van der Waals surface area (Å²) in [5, 5.41) is 0. The van der Waals surface area contributed by atoms with Gasteiger partial charge >= 0.3 is 11.9 Å². The highest BCUT2D eigenvalue weighted by Crippen LogP contribution is 2.21. The Balaban J connectivity index is 2.56. The predicted octanol–water partition coefficient (Wildman–Crippen LogP) is 1.20. The fourth-order valence-corrected chi connectivity index (χ4v) is 1.06. The average molecular weight is 198 g/mol. The summed E-state index contributed by atoms with van der Waals surface area (Å²) >= 11 is 0. The average Bonchev–Trinajstić information content (AvgIpc) is 2.28. The Morgan fingerprint density at radius 2 is 2.14 bits per heavy atom. The minimum Gasteiger partial charge on any atom is -0.457 e. The van der Waals surface area contributed by atoms with Crippen molar-refractivity contribution in [2.75, 3.05) is 0 Å². The maximum atomic E-state index is 11.4. The Hall–Kier alpha value is -1.32. The molecular weight excluding hydrogens is 184 g/mol. The van der Waals surface area contributed by atoms with E-state index < -0.39 is 23.6 Å². The topological polar surface area (TPSA) is 52.6 Å². The number of carbonyl (C=O) groups is 2. The summed E-state index contributed by atoms with van der Waals surface area (Å²) in [6, 6.07) is 0. The first-order valence-corrected chi connectivity index (χ1v) is 4.41. The smallest absolute Gasteiger partial charge is 0.348 e. The molecule has 78 valence electrons. The van der Waals surface area contributed by atoms with E-state index in [4.69, 9.17) is 9.47 Å². The van der Waals surface area contributed by atoms with Gasteiger partial charge in [-0.05, 0) is 20.8 Å². The van der Waals surface area contributed by atoms with Gasteiger partial charge in [0.25, 0.3) is 0 Å². The van der Waals surface area contributed by atoms with Gasteiger partial charge < -0.3 is 9.47 Å². The van der Waals surface area contributed by atoms with Crippen LogP contribution < -0.4 is 0 Å². The molecule has 0 amide bonds. The van der Waals surface area contributed by atoms with Crippen molar-refractivity contribution in [1.82, 2.24) is 0 Å². The molecule has 0 N–H and O–H groups in total. The van der Waals surface area contributed by atoms with Gasteiger partial charge in [0, 0.05) is 12.0 Å². The van der Waals surface area contributed by atoms with Crippen molar-refractivity contribution in [2.24, 2.45) is 0 Å². The summed E-state index contributed by atoms with van der Waals surface area (Å²) in [4.78, 5) is 22.3. The monoisotopic (exact) mass is 198 g/mol. The lowest BCUT2D eigenvalue weighted by atomic mass is 10.1. The number of rotatable bonds is 1. The number of carbonyl (C=O) groups excluding carboxylic acids is 2. The first kappa shape index (κ1) is 10.8. The van der Waals surface area contributed by atoms with E-state index >= 15 is 0 Å². The summed E-state index contributed by atoms with van der Waals surface area (Å²) in [5.41, 5.74) is -0.242. The second-order valence-electron chi connectivity index (χ2n) is 4.24. The van der Waals surface area contributed by atoms with Gasteiger partial charge in [0.2, 0.25) is 6.10 Å². The van der Waals surface area contributed by atoms with E-state index in [1.54, 1.807) is 20.8 Å². The molecule has 1 fully saturated rings. The zero-order valence-electron chi connectivity index (χ0n) is 8.62. The van der Waals surface area contributed by atoms with Crippen LogP contribution in [0.3, 0.4) is 0 Å². The lowest BCUT2D eigenvalue weighted by molar-refractivity contribution is -0.170. The lowest BCUT2D eigenvalue weighted by Crippen LogP contribution is -2.31. The second kappa shape index (κ2) is 3.44. The molecule has 4 nitrogen and oxygen atoms in total. The molecule has 1 aliphatic rings. The molecule has 1 rings (SSSR count). The molecule has 0 aromatic rings. The van der Waals surface area contributed by atoms with Crippen LogP contribution in [0.15, 0.2) is 12.2 Å². The van der Waals surface area contributed by atoms with Gasteiger partial charge in [0.15, 0.2) is 0 Å². The third-order valence-electron chi connectivity index (χ3n) is 1.64. The largest absolute Gasteiger partial charge is 0.457 e. The standard InChI is InChI=1S/C10H14O4/c1-6-5-7(13-8(6)11)9(12)14-10(2,3)4/h7H,1,5H2,2-4H3. The van der Waals surface area contributed by atoms with Gasteiger partial charge in [-0.15, -0.1) is 0 Å². The van der Waals surface area contributed by atoms with Crippen molar-refractivity contribution in [1.29, 1.82) is 0 Å². The van der Waals surface area contributed by atoms with Crippen LogP contribution in [0, 0.1) is 0 Å². The Bertz CT molecular complexity index is 269. The summed E-state index contributed by atoms with van der Waals surface area (Å²) in [6.07, 6.45) is -0.581. The quantitative estimate of drug-likeness (QED) is 0.469. The molecule has 1 atom stereocenters. The van der Waals surface area contributed by atoms with Crippen LogP contribution in [-0.4, -0.2) is 23.6 Å². The number of cyclic esters (lactones) is 1. The van der Waals surface area contributed by atoms with Crippen LogP contribution in [0.4, 0.5) is 0 Å². The normalized spacial score (nSPS) is 22.1. The number of ether oxygens (including phenoxy) is 2. The fourth-order valence-electron chi connectivity index (χ4n) is 1.06. The molecule has 1 aliphatic heterocycles. The SMILES string of the molecule is C=C1CC(C(=O)OC(C)(C)C)OC1=O. The molecular formula is C10H14O4. The van der Waals surface area contributed by atoms with Gasteiger partial charge in [0.1, 0.15) is 5.60 Å². The van der Waals surface area contributed by atoms with Crippen LogP contribution >= 0.6 is 0 Å². The van der Waals surface area contributed by atoms with Crippen LogP contribution in [0.2, 0.25) is 0 Å². The maximum absolute atomic E-state index is 11.4. The third kappa shape index (κ3) is 2.58. The summed E-state index contributed by atoms with van der Waals surface area (Å²) in [6.45, 7) is 8.76. The maximum Gasteiger partial charge on any atom is 0.348 e. The summed E-state index contributed by atoms with van der Waals surface area (Å²) in [5.74, 6) is -1.02. The molecule has 1 saturated heterocycles. The van der Waals surface area contributed by atoms with Crippen LogP contribution in [0.5, 0.6) is 0 Å². The first-order valence-electron chi connectivity index (χ1n) is 4.41. The van der Waals surface area contributed by atoms with Crippen LogP contribution in [0.1, 0.15) is 27.2 Å². The van der Waals surface area contributed by atoms with Gasteiger partial charge in [-0.25, -0.2) is 9.59 Å². The fraction of sp³-hybridized carbons (Fsp3) is 0.600. The molecule has 0 aliphatic carbocycles. The number of esters is 2. The van der Waals surface area contributed by atoms with Crippen molar-refractivity contribution >= 4 is 11.9 Å².